The zero-order valence-electron chi connectivity index (χ0n) is 21.6. The Labute approximate surface area is 218 Å². The van der Waals surface area contributed by atoms with Crippen LogP contribution in [0.4, 0.5) is 0 Å². The normalized spacial score (nSPS) is 32.2. The van der Waals surface area contributed by atoms with Gasteiger partial charge in [-0.15, -0.1) is 0 Å². The minimum atomic E-state index is -0.264. The molecule has 6 atom stereocenters. The average Bonchev–Trinajstić information content (AvgIpc) is 3.07. The second kappa shape index (κ2) is 9.54. The van der Waals surface area contributed by atoms with Crippen molar-refractivity contribution in [2.45, 2.75) is 101 Å². The van der Waals surface area contributed by atoms with Crippen LogP contribution in [0.5, 0.6) is 0 Å². The number of hydrogen-bond donors (Lipinski definition) is 1. The van der Waals surface area contributed by atoms with Crippen LogP contribution in [0.15, 0.2) is 52.2 Å². The molecule has 4 aliphatic rings. The molecule has 194 valence electrons. The van der Waals surface area contributed by atoms with Gasteiger partial charge in [0.2, 0.25) is 0 Å². The van der Waals surface area contributed by atoms with E-state index in [1.54, 1.807) is 18.3 Å². The molecule has 6 nitrogen and oxygen atoms in total. The number of nitrogens with zero attached hydrogens (tertiary/aromatic N) is 3. The highest BCUT2D eigenvalue weighted by Crippen LogP contribution is 2.47. The van der Waals surface area contributed by atoms with Crippen molar-refractivity contribution in [2.24, 2.45) is 11.8 Å². The number of rotatable bonds is 3. The summed E-state index contributed by atoms with van der Waals surface area (Å²) in [7, 11) is 0. The molecule has 37 heavy (non-hydrogen) atoms. The molecule has 1 aromatic carbocycles. The van der Waals surface area contributed by atoms with Crippen LogP contribution in [0.2, 0.25) is 0 Å². The van der Waals surface area contributed by atoms with E-state index >= 15 is 0 Å². The van der Waals surface area contributed by atoms with Crippen molar-refractivity contribution in [2.75, 3.05) is 0 Å². The largest absolute Gasteiger partial charge is 0.329 e. The maximum atomic E-state index is 14.0. The summed E-state index contributed by atoms with van der Waals surface area (Å²) in [5.41, 5.74) is 1.90. The molecular weight excluding hydrogens is 460 g/mol. The highest BCUT2D eigenvalue weighted by Gasteiger charge is 2.45. The summed E-state index contributed by atoms with van der Waals surface area (Å²) in [6, 6.07) is 13.4. The molecule has 2 saturated carbocycles. The quantitative estimate of drug-likeness (QED) is 0.505. The van der Waals surface area contributed by atoms with E-state index in [0.717, 1.165) is 41.8 Å². The smallest absolute Gasteiger partial charge is 0.278 e. The van der Waals surface area contributed by atoms with Crippen LogP contribution < -0.4 is 11.1 Å². The molecule has 0 radical (unpaired) electrons. The maximum Gasteiger partial charge on any atom is 0.278 e. The number of pyridine rings is 1. The van der Waals surface area contributed by atoms with Gasteiger partial charge < -0.3 is 9.55 Å². The SMILES string of the molecule is O=c1[nH]cccc1-c1nc2ccccc2n([C@@H]2C[C@H]3CCC[C@@H](C2)N3[C@@H]2C[C@@H]3CCCC[C@@H](C3)C2)c1=O. The first-order chi connectivity index (χ1) is 18.2. The summed E-state index contributed by atoms with van der Waals surface area (Å²) in [6.45, 7) is 0. The van der Waals surface area contributed by atoms with Crippen LogP contribution in [-0.2, 0) is 0 Å². The molecule has 4 fully saturated rings. The lowest BCUT2D eigenvalue weighted by atomic mass is 9.73. The van der Waals surface area contributed by atoms with E-state index in [9.17, 15) is 9.59 Å². The Hall–Kier alpha value is -2.73. The van der Waals surface area contributed by atoms with Crippen molar-refractivity contribution in [1.82, 2.24) is 19.4 Å². The summed E-state index contributed by atoms with van der Waals surface area (Å²) in [5, 5.41) is 0. The number of aromatic nitrogens is 3. The first-order valence-electron chi connectivity index (χ1n) is 14.6. The number of H-pyrrole nitrogens is 1. The average molecular weight is 499 g/mol. The molecule has 2 aromatic heterocycles. The molecular formula is C31H38N4O2. The lowest BCUT2D eigenvalue weighted by molar-refractivity contribution is -0.0420. The molecule has 1 N–H and O–H groups in total. The van der Waals surface area contributed by atoms with E-state index in [4.69, 9.17) is 4.98 Å². The lowest BCUT2D eigenvalue weighted by Crippen LogP contribution is -2.58. The van der Waals surface area contributed by atoms with Gasteiger partial charge in [-0.2, -0.15) is 0 Å². The minimum absolute atomic E-state index is 0.129. The number of benzene rings is 1. The van der Waals surface area contributed by atoms with Crippen LogP contribution in [0.1, 0.15) is 83.1 Å². The van der Waals surface area contributed by atoms with E-state index in [0.29, 0.717) is 17.6 Å². The fourth-order valence-electron chi connectivity index (χ4n) is 8.61. The van der Waals surface area contributed by atoms with Gasteiger partial charge in [0.05, 0.1) is 16.6 Å². The summed E-state index contributed by atoms with van der Waals surface area (Å²) >= 11 is 0. The van der Waals surface area contributed by atoms with Crippen LogP contribution in [0.25, 0.3) is 22.3 Å². The van der Waals surface area contributed by atoms with E-state index in [2.05, 4.69) is 9.88 Å². The molecule has 6 heteroatoms. The molecule has 0 spiro atoms. The van der Waals surface area contributed by atoms with Crippen LogP contribution in [0, 0.1) is 11.8 Å². The van der Waals surface area contributed by atoms with Crippen molar-refractivity contribution in [1.29, 1.82) is 0 Å². The van der Waals surface area contributed by atoms with Crippen molar-refractivity contribution < 1.29 is 0 Å². The highest BCUT2D eigenvalue weighted by molar-refractivity contribution is 5.77. The zero-order valence-corrected chi connectivity index (χ0v) is 21.6. The maximum absolute atomic E-state index is 14.0. The lowest BCUT2D eigenvalue weighted by Gasteiger charge is -2.54. The Morgan fingerprint density at radius 3 is 2.19 bits per heavy atom. The summed E-state index contributed by atoms with van der Waals surface area (Å²) < 4.78 is 2.01. The first-order valence-corrected chi connectivity index (χ1v) is 14.6. The Morgan fingerprint density at radius 2 is 1.46 bits per heavy atom. The molecule has 0 unspecified atom stereocenters. The third-order valence-electron chi connectivity index (χ3n) is 10.0. The number of aromatic amines is 1. The van der Waals surface area contributed by atoms with Gasteiger partial charge in [0, 0.05) is 30.4 Å². The second-order valence-electron chi connectivity index (χ2n) is 12.2. The van der Waals surface area contributed by atoms with Crippen LogP contribution in [0.3, 0.4) is 0 Å². The predicted octanol–water partition coefficient (Wildman–Crippen LogP) is 5.67. The van der Waals surface area contributed by atoms with Crippen molar-refractivity contribution in [3.8, 4) is 11.3 Å². The summed E-state index contributed by atoms with van der Waals surface area (Å²) in [6.07, 6.45) is 17.3. The van der Waals surface area contributed by atoms with Crippen molar-refractivity contribution in [3.05, 3.63) is 63.3 Å². The molecule has 0 amide bonds. The van der Waals surface area contributed by atoms with Gasteiger partial charge in [0.15, 0.2) is 0 Å². The van der Waals surface area contributed by atoms with E-state index in [1.807, 2.05) is 28.8 Å². The zero-order chi connectivity index (χ0) is 24.9. The Bertz CT molecular complexity index is 1380. The fraction of sp³-hybridized carbons (Fsp3) is 0.581. The van der Waals surface area contributed by atoms with Crippen LogP contribution >= 0.6 is 0 Å². The number of nitrogens with one attached hydrogen (secondary N) is 1. The second-order valence-corrected chi connectivity index (χ2v) is 12.2. The molecule has 2 saturated heterocycles. The number of piperidine rings is 2. The van der Waals surface area contributed by atoms with Crippen molar-refractivity contribution in [3.63, 3.8) is 0 Å². The molecule has 2 aliphatic carbocycles. The molecule has 2 aliphatic heterocycles. The first kappa shape index (κ1) is 23.4. The van der Waals surface area contributed by atoms with Gasteiger partial charge >= 0.3 is 0 Å². The third kappa shape index (κ3) is 4.18. The third-order valence-corrected chi connectivity index (χ3v) is 10.0. The Morgan fingerprint density at radius 1 is 0.730 bits per heavy atom. The van der Waals surface area contributed by atoms with Crippen molar-refractivity contribution >= 4 is 11.0 Å². The molecule has 3 aromatic rings. The van der Waals surface area contributed by atoms with E-state index in [1.165, 1.54) is 64.2 Å². The molecule has 7 rings (SSSR count). The molecule has 4 heterocycles. The summed E-state index contributed by atoms with van der Waals surface area (Å²) in [5.74, 6) is 1.84. The topological polar surface area (TPSA) is 71.0 Å². The Balaban J connectivity index is 1.26. The highest BCUT2D eigenvalue weighted by atomic mass is 16.1. The van der Waals surface area contributed by atoms with E-state index < -0.39 is 0 Å². The number of hydrogen-bond acceptors (Lipinski definition) is 4. The van der Waals surface area contributed by atoms with Gasteiger partial charge in [-0.25, -0.2) is 4.98 Å². The van der Waals surface area contributed by atoms with Crippen LogP contribution in [-0.4, -0.2) is 37.6 Å². The van der Waals surface area contributed by atoms with Gasteiger partial charge in [-0.1, -0.05) is 44.2 Å². The Kier molecular flexibility index (Phi) is 6.03. The summed E-state index contributed by atoms with van der Waals surface area (Å²) in [4.78, 5) is 37.0. The fourth-order valence-corrected chi connectivity index (χ4v) is 8.61. The number of para-hydroxylation sites is 2. The predicted molar refractivity (Wildman–Crippen MR) is 147 cm³/mol. The van der Waals surface area contributed by atoms with Gasteiger partial charge in [-0.05, 0) is 81.0 Å². The monoisotopic (exact) mass is 498 g/mol. The van der Waals surface area contributed by atoms with Gasteiger partial charge in [0.1, 0.15) is 5.69 Å². The molecule has 4 bridgehead atoms. The standard InChI is InChI=1S/C31H38N4O2/c36-30-26(11-6-14-32-30)29-31(37)35(28-13-4-3-12-27(28)33-29)25-18-22-9-5-10-23(19-25)34(22)24-16-20-7-1-2-8-21(15-20)17-24/h3-4,6,11-14,20-25H,1-2,5,7-10,15-19H2,(H,32,36)/t20-,21+,22-,23+,24-,25-. The van der Waals surface area contributed by atoms with E-state index in [-0.39, 0.29) is 22.9 Å². The number of fused-ring (bicyclic) bond motifs is 5. The minimum Gasteiger partial charge on any atom is -0.329 e. The van der Waals surface area contributed by atoms with Gasteiger partial charge in [-0.3, -0.25) is 14.5 Å². The van der Waals surface area contributed by atoms with Gasteiger partial charge in [0.25, 0.3) is 11.1 Å².